The molecule has 2 rings (SSSR count). The first-order valence-electron chi connectivity index (χ1n) is 4.47. The van der Waals surface area contributed by atoms with Crippen LogP contribution in [-0.2, 0) is 0 Å². The lowest BCUT2D eigenvalue weighted by Gasteiger charge is -1.91. The Morgan fingerprint density at radius 3 is 1.20 bits per heavy atom. The molecule has 2 aromatic rings. The smallest absolute Gasteiger partial charge is 0.0857 e. The average molecular weight is 216 g/mol. The first-order valence-corrected chi connectivity index (χ1v) is 4.47. The van der Waals surface area contributed by atoms with Gasteiger partial charge in [0.1, 0.15) is 0 Å². The second kappa shape index (κ2) is 6.05. The van der Waals surface area contributed by atoms with E-state index < -0.39 is 0 Å². The van der Waals surface area contributed by atoms with Crippen LogP contribution in [0.4, 0.5) is 11.4 Å². The molecule has 0 saturated carbocycles. The Morgan fingerprint density at radius 2 is 0.867 bits per heavy atom. The maximum absolute atomic E-state index is 4.10. The van der Waals surface area contributed by atoms with E-state index in [4.69, 9.17) is 0 Å². The fourth-order valence-electron chi connectivity index (χ4n) is 1.10. The minimum absolute atomic E-state index is 0. The molecule has 0 heterocycles. The molecule has 1 atom stereocenters. The van der Waals surface area contributed by atoms with Gasteiger partial charge in [-0.05, 0) is 24.3 Å². The summed E-state index contributed by atoms with van der Waals surface area (Å²) in [6, 6.07) is 19.4. The first-order chi connectivity index (χ1) is 6.95. The van der Waals surface area contributed by atoms with Crippen molar-refractivity contribution in [3.8, 4) is 0 Å². The van der Waals surface area contributed by atoms with E-state index >= 15 is 0 Å². The molecule has 76 valence electrons. The topological polar surface area (TPSA) is 24.7 Å². The summed E-state index contributed by atoms with van der Waals surface area (Å²) in [6.45, 7) is 0. The van der Waals surface area contributed by atoms with Crippen LogP contribution < -0.4 is 0 Å². The van der Waals surface area contributed by atoms with Crippen LogP contribution in [0.5, 0.6) is 0 Å². The van der Waals surface area contributed by atoms with Crippen LogP contribution in [0.2, 0.25) is 0 Å². The monoisotopic (exact) mass is 216 g/mol. The minimum Gasteiger partial charge on any atom is -0.153 e. The first kappa shape index (κ1) is 11.5. The fourth-order valence-corrected chi connectivity index (χ4v) is 1.10. The number of nitrogens with zero attached hydrogens (tertiary/aromatic N) is 2. The molecule has 0 bridgehead atoms. The van der Waals surface area contributed by atoms with E-state index in [9.17, 15) is 0 Å². The Balaban J connectivity index is 0.00000112. The maximum atomic E-state index is 4.10. The summed E-state index contributed by atoms with van der Waals surface area (Å²) in [4.78, 5) is 0. The summed E-state index contributed by atoms with van der Waals surface area (Å²) in [5.41, 5.74) is 1.74. The molecule has 0 aliphatic rings. The Kier molecular flexibility index (Phi) is 4.65. The van der Waals surface area contributed by atoms with Crippen LogP contribution in [-0.4, -0.2) is 0 Å². The summed E-state index contributed by atoms with van der Waals surface area (Å²) in [7, 11) is 0. The van der Waals surface area contributed by atoms with Gasteiger partial charge in [-0.1, -0.05) is 36.4 Å². The highest BCUT2D eigenvalue weighted by Gasteiger charge is 1.86. The van der Waals surface area contributed by atoms with Gasteiger partial charge >= 0.3 is 0 Å². The minimum atomic E-state index is 0. The van der Waals surface area contributed by atoms with Crippen molar-refractivity contribution in [2.45, 2.75) is 0 Å². The molecule has 2 nitrogen and oxygen atoms in total. The lowest BCUT2D eigenvalue weighted by Crippen LogP contribution is -1.62. The van der Waals surface area contributed by atoms with Crippen LogP contribution in [0.3, 0.4) is 0 Å². The second-order valence-electron chi connectivity index (χ2n) is 2.87. The number of hydrogen-bond acceptors (Lipinski definition) is 2. The number of azo groups is 1. The normalized spacial score (nSPS) is 9.87. The molecule has 0 N–H and O–H groups in total. The van der Waals surface area contributed by atoms with Gasteiger partial charge in [-0.2, -0.15) is 20.1 Å². The molecule has 0 aliphatic heterocycles. The Morgan fingerprint density at radius 1 is 0.533 bits per heavy atom. The zero-order chi connectivity index (χ0) is 9.64. The predicted octanol–water partition coefficient (Wildman–Crippen LogP) is 4.16. The van der Waals surface area contributed by atoms with E-state index in [1.165, 1.54) is 0 Å². The van der Waals surface area contributed by atoms with Crippen molar-refractivity contribution in [3.63, 3.8) is 0 Å². The van der Waals surface area contributed by atoms with Gasteiger partial charge in [-0.25, -0.2) is 0 Å². The van der Waals surface area contributed by atoms with Crippen molar-refractivity contribution in [1.82, 2.24) is 0 Å². The van der Waals surface area contributed by atoms with Crippen molar-refractivity contribution in [1.29, 1.82) is 0 Å². The van der Waals surface area contributed by atoms with Crippen LogP contribution in [0.1, 0.15) is 0 Å². The molecular formula is C12H13N2P. The molecule has 2 aromatic carbocycles. The van der Waals surface area contributed by atoms with Crippen molar-refractivity contribution in [2.24, 2.45) is 10.2 Å². The van der Waals surface area contributed by atoms with Crippen molar-refractivity contribution in [2.75, 3.05) is 0 Å². The van der Waals surface area contributed by atoms with Gasteiger partial charge < -0.3 is 0 Å². The molecule has 0 amide bonds. The summed E-state index contributed by atoms with van der Waals surface area (Å²) in [5, 5.41) is 8.20. The maximum Gasteiger partial charge on any atom is 0.0857 e. The van der Waals surface area contributed by atoms with Crippen molar-refractivity contribution < 1.29 is 0 Å². The van der Waals surface area contributed by atoms with Gasteiger partial charge in [0.05, 0.1) is 11.4 Å². The largest absolute Gasteiger partial charge is 0.153 e. The molecule has 0 fully saturated rings. The zero-order valence-corrected chi connectivity index (χ0v) is 9.79. The molecule has 0 saturated heterocycles. The van der Waals surface area contributed by atoms with E-state index in [0.717, 1.165) is 11.4 Å². The van der Waals surface area contributed by atoms with Gasteiger partial charge in [0.15, 0.2) is 0 Å². The van der Waals surface area contributed by atoms with Crippen LogP contribution >= 0.6 is 9.90 Å². The summed E-state index contributed by atoms with van der Waals surface area (Å²) >= 11 is 0. The number of benzene rings is 2. The quantitative estimate of drug-likeness (QED) is 0.532. The third kappa shape index (κ3) is 3.61. The summed E-state index contributed by atoms with van der Waals surface area (Å²) in [5.74, 6) is 0. The molecule has 15 heavy (non-hydrogen) atoms. The van der Waals surface area contributed by atoms with Gasteiger partial charge in [0.2, 0.25) is 0 Å². The van der Waals surface area contributed by atoms with Crippen LogP contribution in [0, 0.1) is 0 Å². The lowest BCUT2D eigenvalue weighted by molar-refractivity contribution is 1.23. The fraction of sp³-hybridized carbons (Fsp3) is 0. The molecule has 3 heteroatoms. The Bertz CT molecular complexity index is 371. The standard InChI is InChI=1S/C12H10N2.H3P/c1-3-7-11(8-4-1)13-14-12-9-5-2-6-10-12;/h1-10H;1H3. The van der Waals surface area contributed by atoms with Crippen LogP contribution in [0.15, 0.2) is 70.9 Å². The van der Waals surface area contributed by atoms with E-state index in [2.05, 4.69) is 10.2 Å². The summed E-state index contributed by atoms with van der Waals surface area (Å²) < 4.78 is 0. The third-order valence-electron chi connectivity index (χ3n) is 1.79. The van der Waals surface area contributed by atoms with E-state index in [1.54, 1.807) is 0 Å². The van der Waals surface area contributed by atoms with Crippen LogP contribution in [0.25, 0.3) is 0 Å². The van der Waals surface area contributed by atoms with Gasteiger partial charge in [-0.15, -0.1) is 0 Å². The van der Waals surface area contributed by atoms with Gasteiger partial charge in [0, 0.05) is 0 Å². The van der Waals surface area contributed by atoms with Crippen molar-refractivity contribution in [3.05, 3.63) is 60.7 Å². The molecule has 1 unspecified atom stereocenters. The predicted molar refractivity (Wildman–Crippen MR) is 68.2 cm³/mol. The molecule has 0 radical (unpaired) electrons. The number of rotatable bonds is 2. The second-order valence-corrected chi connectivity index (χ2v) is 2.87. The molecule has 0 aliphatic carbocycles. The Labute approximate surface area is 92.7 Å². The zero-order valence-electron chi connectivity index (χ0n) is 8.38. The highest BCUT2D eigenvalue weighted by atomic mass is 31.0. The summed E-state index contributed by atoms with van der Waals surface area (Å²) in [6.07, 6.45) is 0. The van der Waals surface area contributed by atoms with E-state index in [-0.39, 0.29) is 9.90 Å². The molecule has 0 spiro atoms. The Hall–Kier alpha value is -1.53. The molecule has 0 aromatic heterocycles. The lowest BCUT2D eigenvalue weighted by atomic mass is 10.3. The van der Waals surface area contributed by atoms with E-state index in [1.807, 2.05) is 60.7 Å². The molecular weight excluding hydrogens is 203 g/mol. The highest BCUT2D eigenvalue weighted by Crippen LogP contribution is 2.16. The average Bonchev–Trinajstić information content (AvgIpc) is 2.29. The van der Waals surface area contributed by atoms with Gasteiger partial charge in [0.25, 0.3) is 0 Å². The number of hydrogen-bond donors (Lipinski definition) is 0. The SMILES string of the molecule is P.c1ccc(N=Nc2ccccc2)cc1. The third-order valence-corrected chi connectivity index (χ3v) is 1.79. The van der Waals surface area contributed by atoms with Crippen molar-refractivity contribution >= 4 is 21.3 Å². The highest BCUT2D eigenvalue weighted by molar-refractivity contribution is 6.92. The van der Waals surface area contributed by atoms with Gasteiger partial charge in [-0.3, -0.25) is 0 Å². The van der Waals surface area contributed by atoms with E-state index in [0.29, 0.717) is 0 Å².